The Morgan fingerprint density at radius 3 is 2.75 bits per heavy atom. The van der Waals surface area contributed by atoms with Gasteiger partial charge in [0, 0.05) is 12.3 Å². The van der Waals surface area contributed by atoms with Gasteiger partial charge in [0.05, 0.1) is 34.6 Å². The molecule has 1 fully saturated rings. The van der Waals surface area contributed by atoms with Gasteiger partial charge in [0.1, 0.15) is 11.9 Å². The van der Waals surface area contributed by atoms with E-state index in [4.69, 9.17) is 21.6 Å². The van der Waals surface area contributed by atoms with Crippen LogP contribution in [-0.4, -0.2) is 36.9 Å². The number of ether oxygens (including phenoxy) is 1. The molecule has 1 saturated heterocycles. The Kier molecular flexibility index (Phi) is 4.41. The highest BCUT2D eigenvalue weighted by Gasteiger charge is 2.38. The fraction of sp³-hybridized carbons (Fsp3) is 0.200. The molecule has 0 atom stereocenters. The smallest absolute Gasteiger partial charge is 0.243 e. The van der Waals surface area contributed by atoms with E-state index in [0.29, 0.717) is 5.56 Å². The lowest BCUT2D eigenvalue weighted by atomic mass is 10.2. The molecule has 0 spiro atoms. The van der Waals surface area contributed by atoms with Crippen molar-refractivity contribution < 1.29 is 17.5 Å². The van der Waals surface area contributed by atoms with Gasteiger partial charge >= 0.3 is 0 Å². The number of hydrogen-bond donors (Lipinski definition) is 0. The first-order valence-corrected chi connectivity index (χ1v) is 8.70. The molecule has 1 aromatic carbocycles. The van der Waals surface area contributed by atoms with Crippen LogP contribution in [0, 0.1) is 17.1 Å². The molecule has 3 rings (SSSR count). The zero-order valence-electron chi connectivity index (χ0n) is 12.2. The fourth-order valence-electron chi connectivity index (χ4n) is 2.17. The third-order valence-corrected chi connectivity index (χ3v) is 5.61. The van der Waals surface area contributed by atoms with Gasteiger partial charge in [-0.3, -0.25) is 0 Å². The predicted octanol–water partition coefficient (Wildman–Crippen LogP) is 2.20. The third-order valence-electron chi connectivity index (χ3n) is 3.49. The molecule has 2 heterocycles. The number of benzene rings is 1. The highest BCUT2D eigenvalue weighted by Crippen LogP contribution is 2.27. The van der Waals surface area contributed by atoms with Gasteiger partial charge in [-0.1, -0.05) is 11.6 Å². The molecule has 24 heavy (non-hydrogen) atoms. The van der Waals surface area contributed by atoms with Crippen LogP contribution in [0.2, 0.25) is 5.02 Å². The van der Waals surface area contributed by atoms with E-state index in [9.17, 15) is 12.8 Å². The molecule has 0 aliphatic carbocycles. The van der Waals surface area contributed by atoms with Crippen LogP contribution in [0.3, 0.4) is 0 Å². The lowest BCUT2D eigenvalue weighted by Crippen LogP contribution is -2.56. The Labute approximate surface area is 143 Å². The lowest BCUT2D eigenvalue weighted by Gasteiger charge is -2.37. The Hall–Kier alpha value is -2.21. The molecule has 6 nitrogen and oxygen atoms in total. The largest absolute Gasteiger partial charge is 0.471 e. The van der Waals surface area contributed by atoms with Crippen LogP contribution in [0.25, 0.3) is 0 Å². The van der Waals surface area contributed by atoms with E-state index in [1.54, 1.807) is 6.07 Å². The monoisotopic (exact) mass is 367 g/mol. The van der Waals surface area contributed by atoms with Gasteiger partial charge in [0.15, 0.2) is 0 Å². The van der Waals surface area contributed by atoms with Crippen LogP contribution in [0.4, 0.5) is 4.39 Å². The summed E-state index contributed by atoms with van der Waals surface area (Å²) in [5.41, 5.74) is 0.407. The van der Waals surface area contributed by atoms with Crippen LogP contribution < -0.4 is 4.74 Å². The molecule has 0 bridgehead atoms. The molecule has 2 aromatic rings. The van der Waals surface area contributed by atoms with Crippen LogP contribution in [0.15, 0.2) is 41.4 Å². The summed E-state index contributed by atoms with van der Waals surface area (Å²) in [6.07, 6.45) is 1.08. The van der Waals surface area contributed by atoms with Crippen molar-refractivity contribution >= 4 is 21.6 Å². The molecule has 0 saturated carbocycles. The number of nitrogens with zero attached hydrogens (tertiary/aromatic N) is 3. The number of sulfonamides is 1. The summed E-state index contributed by atoms with van der Waals surface area (Å²) in [5, 5.41) is 8.58. The van der Waals surface area contributed by atoms with Crippen LogP contribution in [-0.2, 0) is 10.0 Å². The van der Waals surface area contributed by atoms with E-state index >= 15 is 0 Å². The van der Waals surface area contributed by atoms with Gasteiger partial charge in [0.25, 0.3) is 0 Å². The zero-order chi connectivity index (χ0) is 17.3. The maximum atomic E-state index is 13.2. The SMILES string of the molecule is N#Cc1ccnc(OC2CN(S(=O)(=O)c3ccc(F)c(Cl)c3)C2)c1. The van der Waals surface area contributed by atoms with Gasteiger partial charge in [0.2, 0.25) is 15.9 Å². The van der Waals surface area contributed by atoms with Crippen molar-refractivity contribution in [3.8, 4) is 11.9 Å². The number of rotatable bonds is 4. The van der Waals surface area contributed by atoms with Gasteiger partial charge in [-0.05, 0) is 24.3 Å². The van der Waals surface area contributed by atoms with Crippen molar-refractivity contribution in [2.45, 2.75) is 11.0 Å². The summed E-state index contributed by atoms with van der Waals surface area (Å²) in [4.78, 5) is 3.90. The second kappa shape index (κ2) is 6.36. The summed E-state index contributed by atoms with van der Waals surface area (Å²) in [7, 11) is -3.75. The molecule has 1 aliphatic heterocycles. The van der Waals surface area contributed by atoms with E-state index in [0.717, 1.165) is 12.1 Å². The molecule has 1 aliphatic rings. The Bertz CT molecular complexity index is 924. The molecule has 0 radical (unpaired) electrons. The number of halogens is 2. The summed E-state index contributed by atoms with van der Waals surface area (Å²) in [5.74, 6) is -0.412. The molecular weight excluding hydrogens is 357 g/mol. The number of pyridine rings is 1. The first kappa shape index (κ1) is 16.6. The number of hydrogen-bond acceptors (Lipinski definition) is 5. The standard InChI is InChI=1S/C15H11ClFN3O3S/c16-13-6-12(1-2-14(13)17)24(21,22)20-8-11(9-20)23-15-5-10(7-18)3-4-19-15/h1-6,11H,8-9H2. The summed E-state index contributed by atoms with van der Waals surface area (Å²) >= 11 is 5.63. The molecular formula is C15H11ClFN3O3S. The van der Waals surface area contributed by atoms with Crippen LogP contribution in [0.5, 0.6) is 5.88 Å². The second-order valence-corrected chi connectivity index (χ2v) is 7.48. The summed E-state index contributed by atoms with van der Waals surface area (Å²) in [6, 6.07) is 8.26. The first-order valence-electron chi connectivity index (χ1n) is 6.88. The van der Waals surface area contributed by atoms with Crippen molar-refractivity contribution in [1.29, 1.82) is 5.26 Å². The van der Waals surface area contributed by atoms with Gasteiger partial charge in [-0.15, -0.1) is 0 Å². The van der Waals surface area contributed by atoms with Crippen molar-refractivity contribution in [2.75, 3.05) is 13.1 Å². The highest BCUT2D eigenvalue weighted by atomic mass is 35.5. The Balaban J connectivity index is 1.67. The molecule has 1 aromatic heterocycles. The van der Waals surface area contributed by atoms with Gasteiger partial charge in [-0.2, -0.15) is 9.57 Å². The molecule has 9 heteroatoms. The minimum Gasteiger partial charge on any atom is -0.471 e. The normalized spacial score (nSPS) is 15.5. The fourth-order valence-corrected chi connectivity index (χ4v) is 3.95. The molecule has 124 valence electrons. The minimum absolute atomic E-state index is 0.0723. The maximum absolute atomic E-state index is 13.2. The van der Waals surface area contributed by atoms with E-state index in [-0.39, 0.29) is 35.0 Å². The number of nitriles is 1. The summed E-state index contributed by atoms with van der Waals surface area (Å²) in [6.45, 7) is 0.269. The molecule has 0 unspecified atom stereocenters. The lowest BCUT2D eigenvalue weighted by molar-refractivity contribution is 0.0720. The van der Waals surface area contributed by atoms with E-state index in [1.165, 1.54) is 22.6 Å². The van der Waals surface area contributed by atoms with Gasteiger partial charge in [-0.25, -0.2) is 17.8 Å². The Morgan fingerprint density at radius 1 is 1.33 bits per heavy atom. The highest BCUT2D eigenvalue weighted by molar-refractivity contribution is 7.89. The topological polar surface area (TPSA) is 83.3 Å². The van der Waals surface area contributed by atoms with Crippen molar-refractivity contribution in [3.05, 3.63) is 52.9 Å². The van der Waals surface area contributed by atoms with E-state index in [2.05, 4.69) is 4.98 Å². The summed E-state index contributed by atoms with van der Waals surface area (Å²) < 4.78 is 44.7. The second-order valence-electron chi connectivity index (χ2n) is 5.13. The quantitative estimate of drug-likeness (QED) is 0.827. The van der Waals surface area contributed by atoms with E-state index in [1.807, 2.05) is 6.07 Å². The first-order chi connectivity index (χ1) is 11.4. The van der Waals surface area contributed by atoms with Crippen LogP contribution >= 0.6 is 11.6 Å². The number of aromatic nitrogens is 1. The van der Waals surface area contributed by atoms with Crippen LogP contribution in [0.1, 0.15) is 5.56 Å². The minimum atomic E-state index is -3.75. The third kappa shape index (κ3) is 3.19. The van der Waals surface area contributed by atoms with Crippen molar-refractivity contribution in [2.24, 2.45) is 0 Å². The Morgan fingerprint density at radius 2 is 2.08 bits per heavy atom. The van der Waals surface area contributed by atoms with E-state index < -0.39 is 15.8 Å². The predicted molar refractivity (Wildman–Crippen MR) is 83.5 cm³/mol. The van der Waals surface area contributed by atoms with Crippen molar-refractivity contribution in [1.82, 2.24) is 9.29 Å². The molecule has 0 amide bonds. The average molecular weight is 368 g/mol. The molecule has 0 N–H and O–H groups in total. The maximum Gasteiger partial charge on any atom is 0.243 e. The zero-order valence-corrected chi connectivity index (χ0v) is 13.8. The van der Waals surface area contributed by atoms with Crippen molar-refractivity contribution in [3.63, 3.8) is 0 Å². The van der Waals surface area contributed by atoms with Gasteiger partial charge < -0.3 is 4.74 Å². The average Bonchev–Trinajstić information content (AvgIpc) is 2.53.